The van der Waals surface area contributed by atoms with E-state index in [1.165, 1.54) is 135 Å². The zero-order valence-electron chi connectivity index (χ0n) is 32.8. The van der Waals surface area contributed by atoms with Crippen molar-refractivity contribution in [1.82, 2.24) is 0 Å². The Morgan fingerprint density at radius 3 is 0.558 bits per heavy atom. The molecule has 0 saturated heterocycles. The molecule has 0 aliphatic rings. The monoisotopic (exact) mass is 898 g/mol. The molecule has 318 valence electrons. The molecule has 0 fully saturated rings. The minimum Gasteiger partial charge on any atom is -0.726 e. The molecule has 0 bridgehead atoms. The van der Waals surface area contributed by atoms with Crippen LogP contribution < -0.4 is 0 Å². The van der Waals surface area contributed by atoms with Gasteiger partial charge in [-0.3, -0.25) is 12.5 Å². The van der Waals surface area contributed by atoms with Gasteiger partial charge in [-0.25, -0.2) is 25.3 Å². The fourth-order valence-electron chi connectivity index (χ4n) is 5.25. The van der Waals surface area contributed by atoms with Crippen LogP contribution in [0.3, 0.4) is 0 Å². The van der Waals surface area contributed by atoms with Gasteiger partial charge >= 0.3 is 19.5 Å². The van der Waals surface area contributed by atoms with Gasteiger partial charge in [-0.15, -0.1) is 0 Å². The van der Waals surface area contributed by atoms with Crippen molar-refractivity contribution >= 4 is 31.2 Å². The summed E-state index contributed by atoms with van der Waals surface area (Å²) in [4.78, 5) is 0. The molecule has 0 aromatic carbocycles. The Balaban J connectivity index is -0.000000329. The molecule has 0 aliphatic heterocycles. The first kappa shape index (κ1) is 58.9. The summed E-state index contributed by atoms with van der Waals surface area (Å²) in [5, 5.41) is 0. The minimum atomic E-state index is -4.48. The zero-order valence-corrected chi connectivity index (χ0v) is 36.9. The van der Waals surface area contributed by atoms with Gasteiger partial charge in [0.15, 0.2) is 0 Å². The van der Waals surface area contributed by atoms with E-state index < -0.39 is 31.2 Å². The second-order valence-corrected chi connectivity index (χ2v) is 16.4. The third-order valence-corrected chi connectivity index (χ3v) is 9.54. The van der Waals surface area contributed by atoms with Crippen LogP contribution in [0.1, 0.15) is 213 Å². The summed E-state index contributed by atoms with van der Waals surface area (Å²) in [5.74, 6) is 0. The third-order valence-electron chi connectivity index (χ3n) is 8.18. The van der Waals surface area contributed by atoms with E-state index in [2.05, 4.69) is 33.3 Å². The van der Waals surface area contributed by atoms with E-state index >= 15 is 0 Å². The van der Waals surface area contributed by atoms with Crippen LogP contribution in [-0.2, 0) is 63.2 Å². The smallest absolute Gasteiger partial charge is 0.726 e. The van der Waals surface area contributed by atoms with Gasteiger partial charge in [0, 0.05) is 0 Å². The van der Waals surface area contributed by atoms with Gasteiger partial charge in [0.2, 0.25) is 31.2 Å². The third kappa shape index (κ3) is 68.3. The Kier molecular flexibility index (Phi) is 49.8. The fourth-order valence-corrected chi connectivity index (χ4v) is 6.22. The van der Waals surface area contributed by atoms with Crippen LogP contribution >= 0.6 is 0 Å². The first-order valence-electron chi connectivity index (χ1n) is 20.0. The Morgan fingerprint density at radius 2 is 0.423 bits per heavy atom. The number of unbranched alkanes of at least 4 members (excludes halogenated alkanes) is 27. The van der Waals surface area contributed by atoms with Gasteiger partial charge in [0.1, 0.15) is 0 Å². The van der Waals surface area contributed by atoms with E-state index in [4.69, 9.17) is 0 Å². The molecular weight excluding hydrogens is 823 g/mol. The zero-order chi connectivity index (χ0) is 39.0. The molecule has 0 radical (unpaired) electrons. The van der Waals surface area contributed by atoms with Crippen molar-refractivity contribution in [2.45, 2.75) is 213 Å². The number of hydrogen-bond donors (Lipinski definition) is 0. The van der Waals surface area contributed by atoms with Crippen molar-refractivity contribution in [2.24, 2.45) is 0 Å². The van der Waals surface area contributed by atoms with Crippen LogP contribution in [0.25, 0.3) is 0 Å². The Labute approximate surface area is 333 Å². The number of hydrogen-bond acceptors (Lipinski definition) is 12. The molecule has 0 rings (SSSR count). The van der Waals surface area contributed by atoms with Gasteiger partial charge in [0.25, 0.3) is 0 Å². The predicted octanol–water partition coefficient (Wildman–Crippen LogP) is 10.1. The summed E-state index contributed by atoms with van der Waals surface area (Å²) in [5.41, 5.74) is 0. The van der Waals surface area contributed by atoms with Crippen molar-refractivity contribution in [2.75, 3.05) is 19.8 Å². The van der Waals surface area contributed by atoms with E-state index in [1.54, 1.807) is 0 Å². The molecule has 0 saturated carbocycles. The average molecular weight is 899 g/mol. The van der Waals surface area contributed by atoms with Crippen LogP contribution in [0.4, 0.5) is 0 Å². The second kappa shape index (κ2) is 44.0. The van der Waals surface area contributed by atoms with Crippen molar-refractivity contribution in [3.8, 4) is 0 Å². The molecule has 0 heterocycles. The minimum absolute atomic E-state index is 0. The maximum atomic E-state index is 10.1. The summed E-state index contributed by atoms with van der Waals surface area (Å²) >= 11 is 0. The van der Waals surface area contributed by atoms with E-state index in [1.807, 2.05) is 0 Å². The number of rotatable bonds is 36. The van der Waals surface area contributed by atoms with Gasteiger partial charge in [-0.2, -0.15) is 0 Å². The first-order chi connectivity index (χ1) is 24.2. The summed E-state index contributed by atoms with van der Waals surface area (Å²) in [6.07, 6.45) is 35.1. The van der Waals surface area contributed by atoms with Gasteiger partial charge < -0.3 is 13.7 Å². The predicted molar refractivity (Wildman–Crippen MR) is 202 cm³/mol. The SMILES string of the molecule is CCCCCCCCCCCCOS(=O)(=O)[O-].CCCCCCCCCCCCOS(=O)(=O)[O-].CCCCCCCCCCCCOS(=O)(=O)[O-].[Rh+3]. The fraction of sp³-hybridized carbons (Fsp3) is 1.00. The van der Waals surface area contributed by atoms with Crippen LogP contribution in [0.15, 0.2) is 0 Å². The second-order valence-electron chi connectivity index (χ2n) is 13.2. The van der Waals surface area contributed by atoms with Crippen LogP contribution in [0.2, 0.25) is 0 Å². The largest absolute Gasteiger partial charge is 3.00 e. The molecule has 0 unspecified atom stereocenters. The van der Waals surface area contributed by atoms with Gasteiger partial charge in [-0.05, 0) is 19.3 Å². The molecule has 0 aromatic heterocycles. The van der Waals surface area contributed by atoms with Crippen molar-refractivity contribution in [1.29, 1.82) is 0 Å². The quantitative estimate of drug-likeness (QED) is 0.0250. The maximum absolute atomic E-state index is 10.1. The Morgan fingerprint density at radius 1 is 0.288 bits per heavy atom. The molecule has 0 amide bonds. The molecule has 52 heavy (non-hydrogen) atoms. The average Bonchev–Trinajstić information content (AvgIpc) is 3.04. The van der Waals surface area contributed by atoms with Crippen LogP contribution in [-0.4, -0.2) is 58.7 Å². The standard InChI is InChI=1S/3C12H26O4S.Rh/c3*1-2-3-4-5-6-7-8-9-10-11-12-16-17(13,14)15;/h3*2-12H2,1H3,(H,13,14,15);/q;;;+3/p-3. The Hall–Kier alpha value is 0.233. The molecule has 0 aromatic rings. The summed E-state index contributed by atoms with van der Waals surface area (Å²) in [6, 6.07) is 0. The molecular formula is C36H75O12RhS3. The molecule has 0 aliphatic carbocycles. The van der Waals surface area contributed by atoms with E-state index in [-0.39, 0.29) is 39.3 Å². The molecule has 12 nitrogen and oxygen atoms in total. The van der Waals surface area contributed by atoms with Gasteiger partial charge in [-0.1, -0.05) is 194 Å². The van der Waals surface area contributed by atoms with Gasteiger partial charge in [0.05, 0.1) is 19.8 Å². The molecule has 16 heteroatoms. The Bertz CT molecular complexity index is 883. The normalized spacial score (nSPS) is 11.7. The van der Waals surface area contributed by atoms with Crippen molar-refractivity contribution in [3.63, 3.8) is 0 Å². The summed E-state index contributed by atoms with van der Waals surface area (Å²) < 4.78 is 103. The van der Waals surface area contributed by atoms with E-state index in [0.29, 0.717) is 19.3 Å². The topological polar surface area (TPSA) is 199 Å². The first-order valence-corrected chi connectivity index (χ1v) is 24.0. The maximum Gasteiger partial charge on any atom is 3.00 e. The van der Waals surface area contributed by atoms with Crippen molar-refractivity contribution < 1.29 is 70.9 Å². The summed E-state index contributed by atoms with van der Waals surface area (Å²) in [7, 11) is -13.5. The van der Waals surface area contributed by atoms with E-state index in [0.717, 1.165) is 38.5 Å². The van der Waals surface area contributed by atoms with Crippen molar-refractivity contribution in [3.05, 3.63) is 0 Å². The molecule has 0 spiro atoms. The van der Waals surface area contributed by atoms with E-state index in [9.17, 15) is 38.9 Å². The summed E-state index contributed by atoms with van der Waals surface area (Å²) in [6.45, 7) is 6.73. The molecule has 0 atom stereocenters. The van der Waals surface area contributed by atoms with Crippen LogP contribution in [0.5, 0.6) is 0 Å². The molecule has 0 N–H and O–H groups in total. The van der Waals surface area contributed by atoms with Crippen LogP contribution in [0, 0.1) is 0 Å².